The van der Waals surface area contributed by atoms with E-state index in [0.29, 0.717) is 53.5 Å². The fourth-order valence-electron chi connectivity index (χ4n) is 4.06. The van der Waals surface area contributed by atoms with Crippen molar-refractivity contribution in [3.8, 4) is 11.4 Å². The maximum absolute atomic E-state index is 14.4. The molecule has 0 spiro atoms. The highest BCUT2D eigenvalue weighted by Gasteiger charge is 2.28. The Morgan fingerprint density at radius 1 is 1.28 bits per heavy atom. The molecule has 2 atom stereocenters. The van der Waals surface area contributed by atoms with Crippen molar-refractivity contribution in [3.63, 3.8) is 0 Å². The van der Waals surface area contributed by atoms with Crippen LogP contribution in [0, 0.1) is 5.82 Å². The van der Waals surface area contributed by atoms with Crippen molar-refractivity contribution < 1.29 is 17.5 Å². The van der Waals surface area contributed by atoms with E-state index in [1.807, 2.05) is 13.0 Å². The maximum atomic E-state index is 14.4. The highest BCUT2D eigenvalue weighted by molar-refractivity contribution is 7.90. The molecule has 9 nitrogen and oxygen atoms in total. The Hall–Kier alpha value is -3.05. The number of benzene rings is 1. The van der Waals surface area contributed by atoms with Gasteiger partial charge in [0.25, 0.3) is 0 Å². The topological polar surface area (TPSA) is 106 Å². The Morgan fingerprint density at radius 3 is 2.84 bits per heavy atom. The van der Waals surface area contributed by atoms with Gasteiger partial charge in [-0.2, -0.15) is 5.10 Å². The largest absolute Gasteiger partial charge is 0.377 e. The number of hydrogen-bond donors (Lipinski definition) is 1. The van der Waals surface area contributed by atoms with E-state index < -0.39 is 21.0 Å². The molecule has 3 aromatic heterocycles. The molecule has 1 saturated heterocycles. The van der Waals surface area contributed by atoms with E-state index in [4.69, 9.17) is 9.72 Å². The summed E-state index contributed by atoms with van der Waals surface area (Å²) in [5, 5.41) is 4.84. The maximum Gasteiger partial charge on any atom is 0.170 e. The zero-order valence-electron chi connectivity index (χ0n) is 17.9. The quantitative estimate of drug-likeness (QED) is 0.501. The van der Waals surface area contributed by atoms with Crippen LogP contribution in [-0.2, 0) is 14.6 Å². The summed E-state index contributed by atoms with van der Waals surface area (Å²) >= 11 is 0. The van der Waals surface area contributed by atoms with Crippen LogP contribution in [0.2, 0.25) is 0 Å². The van der Waals surface area contributed by atoms with Gasteiger partial charge in [0, 0.05) is 35.5 Å². The highest BCUT2D eigenvalue weighted by Crippen LogP contribution is 2.34. The third-order valence-electron chi connectivity index (χ3n) is 5.91. The molecule has 1 aromatic carbocycles. The molecule has 5 rings (SSSR count). The summed E-state index contributed by atoms with van der Waals surface area (Å²) in [4.78, 5) is 14.6. The number of morpholine rings is 1. The molecule has 1 unspecified atom stereocenters. The zero-order chi connectivity index (χ0) is 22.6. The lowest BCUT2D eigenvalue weighted by Gasteiger charge is -2.34. The van der Waals surface area contributed by atoms with Gasteiger partial charge in [0.15, 0.2) is 26.7 Å². The lowest BCUT2D eigenvalue weighted by molar-refractivity contribution is 0.0987. The second-order valence-corrected chi connectivity index (χ2v) is 10.5. The summed E-state index contributed by atoms with van der Waals surface area (Å²) in [5.74, 6) is 0.511. The number of sulfone groups is 1. The van der Waals surface area contributed by atoms with Crippen molar-refractivity contribution in [2.45, 2.75) is 25.3 Å². The standard InChI is InChI=1S/C21H23FN6O3S/c1-12-11-31-7-6-27(12)20-17-10-24-28(13(2)32(3,29)30)21(17)26-19(25-20)16-8-14(22)9-18-15(16)4-5-23-18/h4-5,8-10,12-13,23H,6-7,11H2,1-3H3/t12-,13?/m1/s1. The van der Waals surface area contributed by atoms with E-state index in [0.717, 1.165) is 11.6 Å². The van der Waals surface area contributed by atoms with Crippen molar-refractivity contribution in [2.75, 3.05) is 30.9 Å². The van der Waals surface area contributed by atoms with Crippen molar-refractivity contribution >= 4 is 37.6 Å². The second-order valence-electron chi connectivity index (χ2n) is 8.14. The Labute approximate surface area is 184 Å². The Bertz CT molecular complexity index is 1430. The van der Waals surface area contributed by atoms with Crippen LogP contribution in [0.5, 0.6) is 0 Å². The first-order valence-electron chi connectivity index (χ1n) is 10.3. The van der Waals surface area contributed by atoms with Gasteiger partial charge in [0.1, 0.15) is 11.6 Å². The SMILES string of the molecule is CC(n1ncc2c(N3CCOC[C@H]3C)nc(-c3cc(F)cc4[nH]ccc34)nc21)S(C)(=O)=O. The molecule has 1 N–H and O–H groups in total. The Morgan fingerprint density at radius 2 is 2.09 bits per heavy atom. The van der Waals surface area contributed by atoms with Gasteiger partial charge >= 0.3 is 0 Å². The minimum Gasteiger partial charge on any atom is -0.377 e. The highest BCUT2D eigenvalue weighted by atomic mass is 32.2. The number of hydrogen-bond acceptors (Lipinski definition) is 7. The molecule has 32 heavy (non-hydrogen) atoms. The van der Waals surface area contributed by atoms with Gasteiger partial charge in [0.05, 0.1) is 30.8 Å². The number of nitrogens with one attached hydrogen (secondary N) is 1. The molecule has 1 aliphatic rings. The number of nitrogens with zero attached hydrogens (tertiary/aromatic N) is 5. The fraction of sp³-hybridized carbons (Fsp3) is 0.381. The molecule has 0 radical (unpaired) electrons. The van der Waals surface area contributed by atoms with Gasteiger partial charge in [-0.15, -0.1) is 0 Å². The van der Waals surface area contributed by atoms with E-state index in [9.17, 15) is 12.8 Å². The van der Waals surface area contributed by atoms with Crippen LogP contribution in [0.3, 0.4) is 0 Å². The smallest absolute Gasteiger partial charge is 0.170 e. The van der Waals surface area contributed by atoms with Crippen LogP contribution in [0.25, 0.3) is 33.3 Å². The molecule has 1 fully saturated rings. The van der Waals surface area contributed by atoms with E-state index in [1.54, 1.807) is 19.3 Å². The lowest BCUT2D eigenvalue weighted by atomic mass is 10.1. The molecular formula is C21H23FN6O3S. The monoisotopic (exact) mass is 458 g/mol. The molecule has 0 bridgehead atoms. The van der Waals surface area contributed by atoms with Gasteiger partial charge in [-0.1, -0.05) is 0 Å². The summed E-state index contributed by atoms with van der Waals surface area (Å²) in [7, 11) is -3.43. The normalized spacial score (nSPS) is 18.5. The summed E-state index contributed by atoms with van der Waals surface area (Å²) in [5.41, 5.74) is 1.53. The van der Waals surface area contributed by atoms with E-state index in [1.165, 1.54) is 16.8 Å². The molecule has 168 valence electrons. The molecule has 0 saturated carbocycles. The molecule has 0 amide bonds. The summed E-state index contributed by atoms with van der Waals surface area (Å²) in [6, 6.07) is 4.69. The third-order valence-corrected chi connectivity index (χ3v) is 7.35. The van der Waals surface area contributed by atoms with Gasteiger partial charge in [-0.05, 0) is 32.0 Å². The average molecular weight is 459 g/mol. The van der Waals surface area contributed by atoms with E-state index in [2.05, 4.69) is 20.0 Å². The number of aromatic nitrogens is 5. The molecule has 1 aliphatic heterocycles. The van der Waals surface area contributed by atoms with Gasteiger partial charge in [0.2, 0.25) is 0 Å². The predicted octanol–water partition coefficient (Wildman–Crippen LogP) is 2.90. The fourth-order valence-corrected chi connectivity index (χ4v) is 4.57. The number of aromatic amines is 1. The number of ether oxygens (including phenoxy) is 1. The summed E-state index contributed by atoms with van der Waals surface area (Å²) in [6.07, 6.45) is 4.48. The Balaban J connectivity index is 1.81. The predicted molar refractivity (Wildman–Crippen MR) is 120 cm³/mol. The molecule has 11 heteroatoms. The van der Waals surface area contributed by atoms with Crippen LogP contribution in [-0.4, -0.2) is 65.2 Å². The van der Waals surface area contributed by atoms with Gasteiger partial charge < -0.3 is 14.6 Å². The first kappa shape index (κ1) is 20.8. The minimum atomic E-state index is -3.43. The minimum absolute atomic E-state index is 0.0465. The molecule has 0 aliphatic carbocycles. The molecule has 4 heterocycles. The van der Waals surface area contributed by atoms with E-state index in [-0.39, 0.29) is 6.04 Å². The van der Waals surface area contributed by atoms with E-state index >= 15 is 0 Å². The Kier molecular flexibility index (Phi) is 4.90. The lowest BCUT2D eigenvalue weighted by Crippen LogP contribution is -2.44. The van der Waals surface area contributed by atoms with Gasteiger partial charge in [-0.25, -0.2) is 27.5 Å². The van der Waals surface area contributed by atoms with Crippen molar-refractivity contribution in [2.24, 2.45) is 0 Å². The van der Waals surface area contributed by atoms with Crippen molar-refractivity contribution in [1.29, 1.82) is 0 Å². The van der Waals surface area contributed by atoms with Crippen molar-refractivity contribution in [3.05, 3.63) is 36.4 Å². The third kappa shape index (κ3) is 3.41. The number of halogens is 1. The van der Waals surface area contributed by atoms with Crippen LogP contribution in [0.15, 0.2) is 30.6 Å². The van der Waals surface area contributed by atoms with Gasteiger partial charge in [-0.3, -0.25) is 0 Å². The molecular weight excluding hydrogens is 435 g/mol. The summed E-state index contributed by atoms with van der Waals surface area (Å²) in [6.45, 7) is 5.29. The van der Waals surface area contributed by atoms with Crippen LogP contribution in [0.4, 0.5) is 10.2 Å². The number of anilines is 1. The van der Waals surface area contributed by atoms with Crippen LogP contribution in [0.1, 0.15) is 19.2 Å². The second kappa shape index (κ2) is 7.52. The molecule has 4 aromatic rings. The zero-order valence-corrected chi connectivity index (χ0v) is 18.7. The first-order chi connectivity index (χ1) is 15.2. The number of fused-ring (bicyclic) bond motifs is 2. The van der Waals surface area contributed by atoms with Crippen molar-refractivity contribution in [1.82, 2.24) is 24.7 Å². The average Bonchev–Trinajstić information content (AvgIpc) is 3.38. The number of rotatable bonds is 4. The van der Waals surface area contributed by atoms with Crippen LogP contribution < -0.4 is 4.90 Å². The summed E-state index contributed by atoms with van der Waals surface area (Å²) < 4.78 is 45.9. The first-order valence-corrected chi connectivity index (χ1v) is 12.2. The van der Waals surface area contributed by atoms with Crippen LogP contribution >= 0.6 is 0 Å². The number of H-pyrrole nitrogens is 1.